The van der Waals surface area contributed by atoms with Crippen molar-refractivity contribution in [2.24, 2.45) is 0 Å². The van der Waals surface area contributed by atoms with E-state index in [0.29, 0.717) is 6.01 Å². The van der Waals surface area contributed by atoms with Gasteiger partial charge in [0, 0.05) is 43.6 Å². The summed E-state index contributed by atoms with van der Waals surface area (Å²) in [4.78, 5) is 11.9. The van der Waals surface area contributed by atoms with Gasteiger partial charge in [0.15, 0.2) is 0 Å². The molecular formula is C21H24N4O. The standard InChI is InChI=1S/C21H24N4O/c1-26-20-23-18-14-21(8-6-15-4-2-3-5-17(15)21)9-7-16(18)19(24-20)25-12-10-22-11-13-25/h2-6,8,22H,7,9-14H2,1H3. The zero-order chi connectivity index (χ0) is 17.6. The molecule has 1 saturated heterocycles. The van der Waals surface area contributed by atoms with E-state index in [1.807, 2.05) is 0 Å². The first-order valence-corrected chi connectivity index (χ1v) is 9.47. The van der Waals surface area contributed by atoms with Crippen molar-refractivity contribution in [3.05, 3.63) is 52.7 Å². The Balaban J connectivity index is 1.57. The number of methoxy groups -OCH3 is 1. The molecule has 0 bridgehead atoms. The number of benzene rings is 1. The van der Waals surface area contributed by atoms with Gasteiger partial charge in [-0.1, -0.05) is 36.4 Å². The highest BCUT2D eigenvalue weighted by Gasteiger charge is 2.40. The quantitative estimate of drug-likeness (QED) is 0.903. The van der Waals surface area contributed by atoms with Crippen LogP contribution in [-0.2, 0) is 18.3 Å². The van der Waals surface area contributed by atoms with Crippen LogP contribution < -0.4 is 15.0 Å². The van der Waals surface area contributed by atoms with E-state index in [1.54, 1.807) is 7.11 Å². The molecular weight excluding hydrogens is 324 g/mol. The lowest BCUT2D eigenvalue weighted by atomic mass is 9.70. The molecule has 5 rings (SSSR count). The molecule has 1 aliphatic heterocycles. The van der Waals surface area contributed by atoms with Crippen LogP contribution in [0.4, 0.5) is 5.82 Å². The third-order valence-electron chi connectivity index (χ3n) is 6.03. The van der Waals surface area contributed by atoms with Crippen LogP contribution in [0.15, 0.2) is 30.3 Å². The highest BCUT2D eigenvalue weighted by molar-refractivity contribution is 5.67. The first kappa shape index (κ1) is 15.8. The molecule has 1 N–H and O–H groups in total. The molecule has 0 amide bonds. The molecule has 5 heteroatoms. The molecule has 1 unspecified atom stereocenters. The van der Waals surface area contributed by atoms with Crippen molar-refractivity contribution in [2.75, 3.05) is 38.2 Å². The number of nitrogens with one attached hydrogen (secondary N) is 1. The van der Waals surface area contributed by atoms with Crippen molar-refractivity contribution < 1.29 is 4.74 Å². The summed E-state index contributed by atoms with van der Waals surface area (Å²) < 4.78 is 5.45. The number of piperazine rings is 1. The molecule has 134 valence electrons. The van der Waals surface area contributed by atoms with E-state index in [2.05, 4.69) is 46.6 Å². The number of hydrogen-bond donors (Lipinski definition) is 1. The van der Waals surface area contributed by atoms with Gasteiger partial charge < -0.3 is 15.0 Å². The summed E-state index contributed by atoms with van der Waals surface area (Å²) in [6.45, 7) is 3.98. The molecule has 3 aliphatic rings. The molecule has 1 atom stereocenters. The predicted molar refractivity (Wildman–Crippen MR) is 103 cm³/mol. The Morgan fingerprint density at radius 1 is 1.15 bits per heavy atom. The summed E-state index contributed by atoms with van der Waals surface area (Å²) >= 11 is 0. The van der Waals surface area contributed by atoms with E-state index in [4.69, 9.17) is 14.7 Å². The maximum absolute atomic E-state index is 5.45. The SMILES string of the molecule is COc1nc2c(c(N3CCNCC3)n1)CCC1(C=Cc3ccccc31)C2. The lowest BCUT2D eigenvalue weighted by Gasteiger charge is -2.37. The minimum atomic E-state index is 0.0731. The van der Waals surface area contributed by atoms with Gasteiger partial charge in [0.1, 0.15) is 5.82 Å². The maximum Gasteiger partial charge on any atom is 0.318 e. The first-order valence-electron chi connectivity index (χ1n) is 9.47. The Kier molecular flexibility index (Phi) is 3.71. The van der Waals surface area contributed by atoms with Crippen LogP contribution in [0.2, 0.25) is 0 Å². The number of rotatable bonds is 2. The van der Waals surface area contributed by atoms with E-state index in [1.165, 1.54) is 16.7 Å². The Morgan fingerprint density at radius 3 is 2.85 bits per heavy atom. The van der Waals surface area contributed by atoms with Gasteiger partial charge in [0.05, 0.1) is 12.8 Å². The van der Waals surface area contributed by atoms with Crippen LogP contribution in [0.5, 0.6) is 6.01 Å². The fourth-order valence-electron chi connectivity index (χ4n) is 4.67. The number of nitrogens with zero attached hydrogens (tertiary/aromatic N) is 3. The van der Waals surface area contributed by atoms with Gasteiger partial charge >= 0.3 is 6.01 Å². The normalized spacial score (nSPS) is 23.8. The van der Waals surface area contributed by atoms with E-state index in [9.17, 15) is 0 Å². The van der Waals surface area contributed by atoms with Crippen molar-refractivity contribution in [3.63, 3.8) is 0 Å². The van der Waals surface area contributed by atoms with Gasteiger partial charge in [-0.2, -0.15) is 9.97 Å². The van der Waals surface area contributed by atoms with Crippen LogP contribution in [-0.4, -0.2) is 43.3 Å². The number of anilines is 1. The zero-order valence-corrected chi connectivity index (χ0v) is 15.2. The number of ether oxygens (including phenoxy) is 1. The summed E-state index contributed by atoms with van der Waals surface area (Å²) in [7, 11) is 1.66. The molecule has 1 fully saturated rings. The number of hydrogen-bond acceptors (Lipinski definition) is 5. The fraction of sp³-hybridized carbons (Fsp3) is 0.429. The van der Waals surface area contributed by atoms with Gasteiger partial charge in [0.25, 0.3) is 0 Å². The van der Waals surface area contributed by atoms with Crippen LogP contribution >= 0.6 is 0 Å². The van der Waals surface area contributed by atoms with Gasteiger partial charge in [-0.15, -0.1) is 0 Å². The van der Waals surface area contributed by atoms with E-state index in [0.717, 1.165) is 57.0 Å². The minimum absolute atomic E-state index is 0.0731. The Bertz CT molecular complexity index is 872. The van der Waals surface area contributed by atoms with Gasteiger partial charge in [-0.05, 0) is 24.0 Å². The van der Waals surface area contributed by atoms with Crippen molar-refractivity contribution in [1.82, 2.24) is 15.3 Å². The second kappa shape index (κ2) is 6.09. The maximum atomic E-state index is 5.45. The summed E-state index contributed by atoms with van der Waals surface area (Å²) in [5, 5.41) is 3.42. The van der Waals surface area contributed by atoms with Crippen molar-refractivity contribution >= 4 is 11.9 Å². The Hall–Kier alpha value is -2.40. The van der Waals surface area contributed by atoms with Gasteiger partial charge in [-0.25, -0.2) is 0 Å². The van der Waals surface area contributed by atoms with Crippen LogP contribution in [0.3, 0.4) is 0 Å². The molecule has 26 heavy (non-hydrogen) atoms. The molecule has 2 aliphatic carbocycles. The summed E-state index contributed by atoms with van der Waals surface area (Å²) in [5.74, 6) is 1.08. The molecule has 0 saturated carbocycles. The van der Waals surface area contributed by atoms with Crippen molar-refractivity contribution in [2.45, 2.75) is 24.7 Å². The topological polar surface area (TPSA) is 50.3 Å². The van der Waals surface area contributed by atoms with Crippen molar-refractivity contribution in [1.29, 1.82) is 0 Å². The highest BCUT2D eigenvalue weighted by Crippen LogP contribution is 2.46. The molecule has 5 nitrogen and oxygen atoms in total. The highest BCUT2D eigenvalue weighted by atomic mass is 16.5. The molecule has 1 aromatic heterocycles. The monoisotopic (exact) mass is 348 g/mol. The van der Waals surface area contributed by atoms with Gasteiger partial charge in [-0.3, -0.25) is 0 Å². The van der Waals surface area contributed by atoms with Gasteiger partial charge in [0.2, 0.25) is 0 Å². The summed E-state index contributed by atoms with van der Waals surface area (Å²) in [6.07, 6.45) is 7.71. The fourth-order valence-corrected chi connectivity index (χ4v) is 4.67. The number of fused-ring (bicyclic) bond motifs is 3. The smallest absolute Gasteiger partial charge is 0.318 e. The summed E-state index contributed by atoms with van der Waals surface area (Å²) in [5.41, 5.74) is 5.32. The van der Waals surface area contributed by atoms with Crippen LogP contribution in [0.1, 0.15) is 28.8 Å². The molecule has 0 radical (unpaired) electrons. The third kappa shape index (κ3) is 2.42. The average Bonchev–Trinajstić information content (AvgIpc) is 3.06. The predicted octanol–water partition coefficient (Wildman–Crippen LogP) is 2.35. The molecule has 1 aromatic carbocycles. The van der Waals surface area contributed by atoms with E-state index in [-0.39, 0.29) is 5.41 Å². The molecule has 1 spiro atoms. The minimum Gasteiger partial charge on any atom is -0.467 e. The van der Waals surface area contributed by atoms with E-state index >= 15 is 0 Å². The largest absolute Gasteiger partial charge is 0.467 e. The molecule has 2 aromatic rings. The molecule has 2 heterocycles. The van der Waals surface area contributed by atoms with Crippen LogP contribution in [0, 0.1) is 0 Å². The number of aromatic nitrogens is 2. The summed E-state index contributed by atoms with van der Waals surface area (Å²) in [6, 6.07) is 9.24. The average molecular weight is 348 g/mol. The zero-order valence-electron chi connectivity index (χ0n) is 15.2. The van der Waals surface area contributed by atoms with E-state index < -0.39 is 0 Å². The first-order chi connectivity index (χ1) is 12.8. The second-order valence-electron chi connectivity index (χ2n) is 7.45. The van der Waals surface area contributed by atoms with Crippen LogP contribution in [0.25, 0.3) is 6.08 Å². The third-order valence-corrected chi connectivity index (χ3v) is 6.03. The second-order valence-corrected chi connectivity index (χ2v) is 7.45. The Morgan fingerprint density at radius 2 is 2.00 bits per heavy atom. The number of allylic oxidation sites excluding steroid dienone is 1. The van der Waals surface area contributed by atoms with Crippen molar-refractivity contribution in [3.8, 4) is 6.01 Å². The Labute approximate surface area is 154 Å². The lowest BCUT2D eigenvalue weighted by Crippen LogP contribution is -2.45. The lowest BCUT2D eigenvalue weighted by molar-refractivity contribution is 0.370.